The van der Waals surface area contributed by atoms with Crippen molar-refractivity contribution in [2.75, 3.05) is 11.4 Å². The molecule has 0 radical (unpaired) electrons. The first-order chi connectivity index (χ1) is 14.5. The zero-order valence-electron chi connectivity index (χ0n) is 17.1. The second-order valence-corrected chi connectivity index (χ2v) is 7.76. The molecule has 0 aliphatic carbocycles. The smallest absolute Gasteiger partial charge is 0.310 e. The number of nitrogens with zero attached hydrogens (tertiary/aromatic N) is 5. The van der Waals surface area contributed by atoms with Crippen molar-refractivity contribution in [2.45, 2.75) is 26.4 Å². The molecule has 4 aromatic rings. The molecule has 0 N–H and O–H groups in total. The molecule has 0 unspecified atom stereocenters. The summed E-state index contributed by atoms with van der Waals surface area (Å²) in [5.41, 5.74) is 3.63. The topological polar surface area (TPSA) is 65.1 Å². The molecule has 1 aliphatic heterocycles. The summed E-state index contributed by atoms with van der Waals surface area (Å²) in [6.45, 7) is 3.80. The Morgan fingerprint density at radius 2 is 1.80 bits per heavy atom. The zero-order chi connectivity index (χ0) is 20.8. The van der Waals surface area contributed by atoms with Crippen LogP contribution in [0.4, 0.5) is 11.6 Å². The van der Waals surface area contributed by atoms with Gasteiger partial charge in [-0.2, -0.15) is 4.98 Å². The van der Waals surface area contributed by atoms with Crippen LogP contribution in [0.3, 0.4) is 0 Å². The summed E-state index contributed by atoms with van der Waals surface area (Å²) in [4.78, 5) is 33.0. The Labute approximate surface area is 173 Å². The predicted molar refractivity (Wildman–Crippen MR) is 118 cm³/mol. The second kappa shape index (κ2) is 7.02. The highest BCUT2D eigenvalue weighted by Crippen LogP contribution is 2.31. The lowest BCUT2D eigenvalue weighted by molar-refractivity contribution is 0.600. The number of hydrogen-bond acceptors (Lipinski definition) is 4. The van der Waals surface area contributed by atoms with Crippen molar-refractivity contribution in [3.63, 3.8) is 0 Å². The van der Waals surface area contributed by atoms with E-state index in [-0.39, 0.29) is 11.2 Å². The van der Waals surface area contributed by atoms with Crippen LogP contribution in [0.15, 0.2) is 64.2 Å². The maximum atomic E-state index is 13.3. The van der Waals surface area contributed by atoms with E-state index in [0.717, 1.165) is 23.4 Å². The fourth-order valence-corrected chi connectivity index (χ4v) is 4.20. The molecule has 152 valence electrons. The van der Waals surface area contributed by atoms with E-state index in [0.29, 0.717) is 36.6 Å². The first-order valence-corrected chi connectivity index (χ1v) is 10.1. The van der Waals surface area contributed by atoms with E-state index in [4.69, 9.17) is 4.98 Å². The summed E-state index contributed by atoms with van der Waals surface area (Å²) in [6, 6.07) is 18.1. The standard InChI is InChI=1S/C23H23N5O2/c1-16-7-6-10-18(15-16)26-13-14-27-19-20(24-22(26)27)25(2)23(30)28(21(19)29)12-11-17-8-4-3-5-9-17/h3-10,15H,11-14H2,1-2H3. The second-order valence-electron chi connectivity index (χ2n) is 7.76. The van der Waals surface area contributed by atoms with Gasteiger partial charge in [-0.05, 0) is 36.6 Å². The number of anilines is 2. The molecule has 2 aromatic carbocycles. The van der Waals surface area contributed by atoms with Gasteiger partial charge in [-0.3, -0.25) is 13.9 Å². The third-order valence-electron chi connectivity index (χ3n) is 5.78. The summed E-state index contributed by atoms with van der Waals surface area (Å²) in [7, 11) is 1.68. The van der Waals surface area contributed by atoms with Gasteiger partial charge in [0.15, 0.2) is 11.2 Å². The quantitative estimate of drug-likeness (QED) is 0.527. The number of imidazole rings is 1. The Balaban J connectivity index is 1.61. The van der Waals surface area contributed by atoms with E-state index in [1.165, 1.54) is 9.13 Å². The maximum absolute atomic E-state index is 13.3. The fourth-order valence-electron chi connectivity index (χ4n) is 4.20. The van der Waals surface area contributed by atoms with Crippen molar-refractivity contribution in [2.24, 2.45) is 7.05 Å². The van der Waals surface area contributed by atoms with Gasteiger partial charge in [0.05, 0.1) is 0 Å². The first kappa shape index (κ1) is 18.4. The van der Waals surface area contributed by atoms with Gasteiger partial charge in [0.25, 0.3) is 5.56 Å². The lowest BCUT2D eigenvalue weighted by Crippen LogP contribution is -2.40. The lowest BCUT2D eigenvalue weighted by atomic mass is 10.1. The first-order valence-electron chi connectivity index (χ1n) is 10.1. The van der Waals surface area contributed by atoms with Gasteiger partial charge in [0.1, 0.15) is 0 Å². The maximum Gasteiger partial charge on any atom is 0.332 e. The fraction of sp³-hybridized carbons (Fsp3) is 0.261. The lowest BCUT2D eigenvalue weighted by Gasteiger charge is -2.16. The van der Waals surface area contributed by atoms with E-state index in [1.807, 2.05) is 47.0 Å². The molecule has 0 fully saturated rings. The highest BCUT2D eigenvalue weighted by molar-refractivity contribution is 5.77. The largest absolute Gasteiger partial charge is 0.332 e. The minimum absolute atomic E-state index is 0.270. The van der Waals surface area contributed by atoms with E-state index < -0.39 is 0 Å². The number of hydrogen-bond donors (Lipinski definition) is 0. The van der Waals surface area contributed by atoms with Crippen LogP contribution in [-0.4, -0.2) is 25.2 Å². The highest BCUT2D eigenvalue weighted by Gasteiger charge is 2.28. The number of aryl methyl sites for hydroxylation is 3. The summed E-state index contributed by atoms with van der Waals surface area (Å²) < 4.78 is 4.76. The summed E-state index contributed by atoms with van der Waals surface area (Å²) in [5, 5.41) is 0. The zero-order valence-corrected chi connectivity index (χ0v) is 17.1. The molecule has 30 heavy (non-hydrogen) atoms. The molecule has 7 nitrogen and oxygen atoms in total. The van der Waals surface area contributed by atoms with E-state index in [9.17, 15) is 9.59 Å². The summed E-state index contributed by atoms with van der Waals surface area (Å²) >= 11 is 0. The van der Waals surface area contributed by atoms with E-state index in [1.54, 1.807) is 7.05 Å². The Kier molecular flexibility index (Phi) is 4.31. The molecule has 0 spiro atoms. The van der Waals surface area contributed by atoms with Crippen LogP contribution in [-0.2, 0) is 26.6 Å². The number of fused-ring (bicyclic) bond motifs is 3. The van der Waals surface area contributed by atoms with Crippen LogP contribution in [0.25, 0.3) is 11.2 Å². The Bertz CT molecular complexity index is 1360. The molecule has 5 rings (SSSR count). The van der Waals surface area contributed by atoms with E-state index >= 15 is 0 Å². The van der Waals surface area contributed by atoms with Crippen molar-refractivity contribution >= 4 is 22.8 Å². The third-order valence-corrected chi connectivity index (χ3v) is 5.78. The van der Waals surface area contributed by atoms with Crippen LogP contribution >= 0.6 is 0 Å². The van der Waals surface area contributed by atoms with Gasteiger partial charge in [-0.1, -0.05) is 42.5 Å². The monoisotopic (exact) mass is 401 g/mol. The van der Waals surface area contributed by atoms with Gasteiger partial charge in [0.2, 0.25) is 5.95 Å². The molecular formula is C23H23N5O2. The van der Waals surface area contributed by atoms with Crippen LogP contribution in [0.2, 0.25) is 0 Å². The van der Waals surface area contributed by atoms with E-state index in [2.05, 4.69) is 24.0 Å². The minimum Gasteiger partial charge on any atom is -0.310 e. The van der Waals surface area contributed by atoms with Gasteiger partial charge in [-0.25, -0.2) is 4.79 Å². The van der Waals surface area contributed by atoms with Crippen molar-refractivity contribution in [3.8, 4) is 0 Å². The molecule has 7 heteroatoms. The molecule has 0 amide bonds. The van der Waals surface area contributed by atoms with Crippen molar-refractivity contribution in [1.29, 1.82) is 0 Å². The van der Waals surface area contributed by atoms with Crippen LogP contribution in [0.1, 0.15) is 11.1 Å². The Hall–Kier alpha value is -3.61. The normalized spacial score (nSPS) is 13.2. The molecule has 0 atom stereocenters. The number of aromatic nitrogens is 4. The van der Waals surface area contributed by atoms with Crippen LogP contribution in [0, 0.1) is 6.92 Å². The molecule has 0 bridgehead atoms. The molecular weight excluding hydrogens is 378 g/mol. The average Bonchev–Trinajstić information content (AvgIpc) is 3.32. The molecule has 0 saturated heterocycles. The Morgan fingerprint density at radius 1 is 1.00 bits per heavy atom. The summed E-state index contributed by atoms with van der Waals surface area (Å²) in [6.07, 6.45) is 0.623. The summed E-state index contributed by atoms with van der Waals surface area (Å²) in [5.74, 6) is 0.712. The number of rotatable bonds is 4. The van der Waals surface area contributed by atoms with Crippen molar-refractivity contribution in [3.05, 3.63) is 86.6 Å². The van der Waals surface area contributed by atoms with Gasteiger partial charge < -0.3 is 9.47 Å². The minimum atomic E-state index is -0.331. The third kappa shape index (κ3) is 2.85. The average molecular weight is 401 g/mol. The molecule has 0 saturated carbocycles. The number of benzene rings is 2. The Morgan fingerprint density at radius 3 is 2.57 bits per heavy atom. The van der Waals surface area contributed by atoms with Crippen molar-refractivity contribution < 1.29 is 0 Å². The van der Waals surface area contributed by atoms with Gasteiger partial charge in [0, 0.05) is 32.4 Å². The predicted octanol–water partition coefficient (Wildman–Crippen LogP) is 2.60. The van der Waals surface area contributed by atoms with Crippen LogP contribution in [0.5, 0.6) is 0 Å². The van der Waals surface area contributed by atoms with Gasteiger partial charge in [-0.15, -0.1) is 0 Å². The van der Waals surface area contributed by atoms with Crippen LogP contribution < -0.4 is 16.1 Å². The SMILES string of the molecule is Cc1cccc(N2CCn3c2nc2c3c(=O)n(CCc3ccccc3)c(=O)n2C)c1. The molecule has 3 heterocycles. The molecule has 1 aliphatic rings. The van der Waals surface area contributed by atoms with Crippen molar-refractivity contribution in [1.82, 2.24) is 18.7 Å². The highest BCUT2D eigenvalue weighted by atomic mass is 16.2. The van der Waals surface area contributed by atoms with Gasteiger partial charge >= 0.3 is 5.69 Å². The molecule has 2 aromatic heterocycles.